The summed E-state index contributed by atoms with van der Waals surface area (Å²) in [5, 5.41) is 14.3. The average Bonchev–Trinajstić information content (AvgIpc) is 2.49. The molecule has 5 heteroatoms. The van der Waals surface area contributed by atoms with Crippen LogP contribution in [-0.4, -0.2) is 23.7 Å². The van der Waals surface area contributed by atoms with Gasteiger partial charge in [-0.1, -0.05) is 43.7 Å². The third-order valence-electron chi connectivity index (χ3n) is 3.48. The number of nitrogens with one attached hydrogen (secondary N) is 2. The van der Waals surface area contributed by atoms with E-state index in [1.807, 2.05) is 37.3 Å². The van der Waals surface area contributed by atoms with Gasteiger partial charge in [-0.2, -0.15) is 0 Å². The van der Waals surface area contributed by atoms with Gasteiger partial charge in [-0.05, 0) is 24.3 Å². The molecule has 0 saturated carbocycles. The van der Waals surface area contributed by atoms with Crippen LogP contribution in [0, 0.1) is 5.92 Å². The number of rotatable bonds is 9. The summed E-state index contributed by atoms with van der Waals surface area (Å²) in [6, 6.07) is 9.53. The van der Waals surface area contributed by atoms with E-state index in [0.29, 0.717) is 25.4 Å². The fourth-order valence-corrected chi connectivity index (χ4v) is 2.11. The van der Waals surface area contributed by atoms with Crippen LogP contribution < -0.4 is 10.6 Å². The van der Waals surface area contributed by atoms with Crippen molar-refractivity contribution in [2.75, 3.05) is 6.54 Å². The number of carbonyl (C=O) groups excluding carboxylic acids is 1. The molecule has 0 radical (unpaired) electrons. The lowest BCUT2D eigenvalue weighted by Crippen LogP contribution is -2.36. The van der Waals surface area contributed by atoms with E-state index in [1.165, 1.54) is 0 Å². The lowest BCUT2D eigenvalue weighted by atomic mass is 9.97. The van der Waals surface area contributed by atoms with Crippen molar-refractivity contribution in [2.24, 2.45) is 5.92 Å². The van der Waals surface area contributed by atoms with Gasteiger partial charge in [-0.3, -0.25) is 4.79 Å². The van der Waals surface area contributed by atoms with Crippen LogP contribution in [0.2, 0.25) is 0 Å². The maximum Gasteiger partial charge on any atom is 0.315 e. The Kier molecular flexibility index (Phi) is 7.94. The van der Waals surface area contributed by atoms with Gasteiger partial charge < -0.3 is 15.7 Å². The van der Waals surface area contributed by atoms with Gasteiger partial charge >= 0.3 is 12.0 Å². The number of urea groups is 1. The van der Waals surface area contributed by atoms with Gasteiger partial charge in [0.15, 0.2) is 0 Å². The Hall–Kier alpha value is -2.04. The number of aliphatic carboxylic acids is 1. The summed E-state index contributed by atoms with van der Waals surface area (Å²) in [7, 11) is 0. The molecule has 0 spiro atoms. The SMILES string of the molecule is CCC(CCNC(=O)NCc1ccccc1)CCC(=O)O. The maximum absolute atomic E-state index is 11.6. The van der Waals surface area contributed by atoms with E-state index in [4.69, 9.17) is 5.11 Å². The highest BCUT2D eigenvalue weighted by molar-refractivity contribution is 5.73. The minimum absolute atomic E-state index is 0.188. The summed E-state index contributed by atoms with van der Waals surface area (Å²) >= 11 is 0. The standard InChI is InChI=1S/C16H24N2O3/c1-2-13(8-9-15(19)20)10-11-17-16(21)18-12-14-6-4-3-5-7-14/h3-7,13H,2,8-12H2,1H3,(H,19,20)(H2,17,18,21). The van der Waals surface area contributed by atoms with Crippen LogP contribution in [0.1, 0.15) is 38.2 Å². The first-order valence-corrected chi connectivity index (χ1v) is 7.39. The van der Waals surface area contributed by atoms with E-state index in [2.05, 4.69) is 10.6 Å². The second-order valence-corrected chi connectivity index (χ2v) is 5.09. The molecule has 0 aromatic heterocycles. The molecule has 2 amide bonds. The number of hydrogen-bond acceptors (Lipinski definition) is 2. The Morgan fingerprint density at radius 2 is 1.86 bits per heavy atom. The topological polar surface area (TPSA) is 78.4 Å². The minimum atomic E-state index is -0.762. The summed E-state index contributed by atoms with van der Waals surface area (Å²) in [4.78, 5) is 22.2. The van der Waals surface area contributed by atoms with E-state index in [0.717, 1.165) is 18.4 Å². The number of carboxylic acid groups (broad SMARTS) is 1. The zero-order valence-electron chi connectivity index (χ0n) is 12.5. The van der Waals surface area contributed by atoms with Crippen molar-refractivity contribution in [2.45, 2.75) is 39.2 Å². The van der Waals surface area contributed by atoms with E-state index in [9.17, 15) is 9.59 Å². The molecule has 0 aliphatic carbocycles. The fourth-order valence-electron chi connectivity index (χ4n) is 2.11. The second-order valence-electron chi connectivity index (χ2n) is 5.09. The minimum Gasteiger partial charge on any atom is -0.481 e. The normalized spacial score (nSPS) is 11.7. The molecule has 3 N–H and O–H groups in total. The molecule has 0 fully saturated rings. The van der Waals surface area contributed by atoms with E-state index in [1.54, 1.807) is 0 Å². The predicted octanol–water partition coefficient (Wildman–Crippen LogP) is 2.77. The number of benzene rings is 1. The molecule has 116 valence electrons. The zero-order chi connectivity index (χ0) is 15.5. The highest BCUT2D eigenvalue weighted by Gasteiger charge is 2.09. The summed E-state index contributed by atoms with van der Waals surface area (Å²) < 4.78 is 0. The Morgan fingerprint density at radius 1 is 1.14 bits per heavy atom. The van der Waals surface area contributed by atoms with Gasteiger partial charge in [0.1, 0.15) is 0 Å². The molecule has 0 heterocycles. The van der Waals surface area contributed by atoms with E-state index < -0.39 is 5.97 Å². The van der Waals surface area contributed by atoms with Crippen molar-refractivity contribution in [3.63, 3.8) is 0 Å². The first-order valence-electron chi connectivity index (χ1n) is 7.39. The third-order valence-corrected chi connectivity index (χ3v) is 3.48. The van der Waals surface area contributed by atoms with E-state index >= 15 is 0 Å². The molecule has 1 atom stereocenters. The van der Waals surface area contributed by atoms with Crippen molar-refractivity contribution in [1.29, 1.82) is 0 Å². The van der Waals surface area contributed by atoms with Crippen LogP contribution in [0.5, 0.6) is 0 Å². The fraction of sp³-hybridized carbons (Fsp3) is 0.500. The van der Waals surface area contributed by atoms with Gasteiger partial charge in [0.05, 0.1) is 0 Å². The van der Waals surface area contributed by atoms with Crippen molar-refractivity contribution in [1.82, 2.24) is 10.6 Å². The van der Waals surface area contributed by atoms with Crippen molar-refractivity contribution >= 4 is 12.0 Å². The Labute approximate surface area is 125 Å². The average molecular weight is 292 g/mol. The third kappa shape index (κ3) is 7.97. The molecule has 1 aromatic rings. The van der Waals surface area contributed by atoms with Crippen molar-refractivity contribution in [3.05, 3.63) is 35.9 Å². The quantitative estimate of drug-likeness (QED) is 0.655. The zero-order valence-corrected chi connectivity index (χ0v) is 12.5. The first kappa shape index (κ1) is 17.0. The molecule has 0 aliphatic rings. The molecule has 1 aromatic carbocycles. The van der Waals surface area contributed by atoms with Gasteiger partial charge in [0, 0.05) is 19.5 Å². The van der Waals surface area contributed by atoms with Gasteiger partial charge in [-0.15, -0.1) is 0 Å². The molecule has 1 unspecified atom stereocenters. The number of amides is 2. The molecular weight excluding hydrogens is 268 g/mol. The lowest BCUT2D eigenvalue weighted by Gasteiger charge is -2.14. The largest absolute Gasteiger partial charge is 0.481 e. The molecular formula is C16H24N2O3. The van der Waals surface area contributed by atoms with E-state index in [-0.39, 0.29) is 12.5 Å². The highest BCUT2D eigenvalue weighted by Crippen LogP contribution is 2.14. The van der Waals surface area contributed by atoms with Gasteiger partial charge in [0.25, 0.3) is 0 Å². The predicted molar refractivity (Wildman–Crippen MR) is 81.9 cm³/mol. The Balaban J connectivity index is 2.16. The summed E-state index contributed by atoms with van der Waals surface area (Å²) in [5.74, 6) is -0.419. The highest BCUT2D eigenvalue weighted by atomic mass is 16.4. The van der Waals surface area contributed by atoms with Crippen molar-refractivity contribution in [3.8, 4) is 0 Å². The summed E-state index contributed by atoms with van der Waals surface area (Å²) in [5.41, 5.74) is 1.06. The van der Waals surface area contributed by atoms with Crippen LogP contribution >= 0.6 is 0 Å². The number of carboxylic acids is 1. The Bertz CT molecular complexity index is 434. The number of carbonyl (C=O) groups is 2. The molecule has 1 rings (SSSR count). The maximum atomic E-state index is 11.6. The molecule has 0 bridgehead atoms. The first-order chi connectivity index (χ1) is 10.1. The molecule has 0 saturated heterocycles. The monoisotopic (exact) mass is 292 g/mol. The Morgan fingerprint density at radius 3 is 2.48 bits per heavy atom. The molecule has 21 heavy (non-hydrogen) atoms. The van der Waals surface area contributed by atoms with Crippen LogP contribution in [-0.2, 0) is 11.3 Å². The second kappa shape index (κ2) is 9.80. The summed E-state index contributed by atoms with van der Waals surface area (Å²) in [6.45, 7) is 3.11. The summed E-state index contributed by atoms with van der Waals surface area (Å²) in [6.07, 6.45) is 2.60. The van der Waals surface area contributed by atoms with Gasteiger partial charge in [0.2, 0.25) is 0 Å². The van der Waals surface area contributed by atoms with Crippen LogP contribution in [0.3, 0.4) is 0 Å². The van der Waals surface area contributed by atoms with Crippen LogP contribution in [0.15, 0.2) is 30.3 Å². The lowest BCUT2D eigenvalue weighted by molar-refractivity contribution is -0.137. The van der Waals surface area contributed by atoms with Gasteiger partial charge in [-0.25, -0.2) is 4.79 Å². The molecule has 5 nitrogen and oxygen atoms in total. The van der Waals surface area contributed by atoms with Crippen LogP contribution in [0.4, 0.5) is 4.79 Å². The van der Waals surface area contributed by atoms with Crippen molar-refractivity contribution < 1.29 is 14.7 Å². The van der Waals surface area contributed by atoms with Crippen LogP contribution in [0.25, 0.3) is 0 Å². The molecule has 0 aliphatic heterocycles. The smallest absolute Gasteiger partial charge is 0.315 e. The number of hydrogen-bond donors (Lipinski definition) is 3.